The maximum Gasteiger partial charge on any atom is 0.309 e. The van der Waals surface area contributed by atoms with Crippen LogP contribution in [0.25, 0.3) is 0 Å². The summed E-state index contributed by atoms with van der Waals surface area (Å²) in [6, 6.07) is 9.06. The predicted molar refractivity (Wildman–Crippen MR) is 92.0 cm³/mol. The fraction of sp³-hybridized carbons (Fsp3) is 0.353. The normalized spacial score (nSPS) is 16.7. The zero-order chi connectivity index (χ0) is 17.9. The van der Waals surface area contributed by atoms with Crippen molar-refractivity contribution in [3.63, 3.8) is 0 Å². The fourth-order valence-electron chi connectivity index (χ4n) is 2.72. The Hall–Kier alpha value is -1.77. The lowest BCUT2D eigenvalue weighted by molar-refractivity contribution is -0.151. The second-order valence-electron chi connectivity index (χ2n) is 5.84. The van der Waals surface area contributed by atoms with E-state index in [4.69, 9.17) is 4.74 Å². The number of halogens is 1. The zero-order valence-corrected chi connectivity index (χ0v) is 15.1. The van der Waals surface area contributed by atoms with Gasteiger partial charge in [0.15, 0.2) is 0 Å². The van der Waals surface area contributed by atoms with Crippen LogP contribution in [0.5, 0.6) is 0 Å². The van der Waals surface area contributed by atoms with Crippen molar-refractivity contribution in [2.75, 3.05) is 13.1 Å². The number of hydrogen-bond donors (Lipinski definition) is 0. The number of rotatable bonds is 5. The number of thiophene rings is 1. The van der Waals surface area contributed by atoms with E-state index < -0.39 is 10.0 Å². The Morgan fingerprint density at radius 3 is 2.48 bits per heavy atom. The first-order valence-electron chi connectivity index (χ1n) is 7.91. The smallest absolute Gasteiger partial charge is 0.309 e. The maximum absolute atomic E-state index is 12.9. The van der Waals surface area contributed by atoms with Gasteiger partial charge in [-0.2, -0.15) is 4.31 Å². The van der Waals surface area contributed by atoms with E-state index in [1.165, 1.54) is 27.8 Å². The van der Waals surface area contributed by atoms with Crippen LogP contribution in [0.2, 0.25) is 0 Å². The van der Waals surface area contributed by atoms with Gasteiger partial charge in [-0.3, -0.25) is 4.79 Å². The molecule has 0 bridgehead atoms. The van der Waals surface area contributed by atoms with Crippen LogP contribution >= 0.6 is 11.3 Å². The Morgan fingerprint density at radius 2 is 1.88 bits per heavy atom. The average molecular weight is 383 g/mol. The first kappa shape index (κ1) is 18.0. The number of carbonyl (C=O) groups excluding carboxylic acids is 1. The van der Waals surface area contributed by atoms with Crippen LogP contribution in [0.15, 0.2) is 46.0 Å². The van der Waals surface area contributed by atoms with Crippen LogP contribution < -0.4 is 0 Å². The van der Waals surface area contributed by atoms with Crippen LogP contribution in [0.1, 0.15) is 18.4 Å². The van der Waals surface area contributed by atoms with Crippen LogP contribution in [-0.4, -0.2) is 31.8 Å². The summed E-state index contributed by atoms with van der Waals surface area (Å²) >= 11 is 1.19. The lowest BCUT2D eigenvalue weighted by atomic mass is 9.98. The summed E-state index contributed by atoms with van der Waals surface area (Å²) in [5.74, 6) is -0.984. The minimum Gasteiger partial charge on any atom is -0.461 e. The van der Waals surface area contributed by atoms with Gasteiger partial charge in [0.25, 0.3) is 10.0 Å². The van der Waals surface area contributed by atoms with E-state index in [0.29, 0.717) is 35.7 Å². The summed E-state index contributed by atoms with van der Waals surface area (Å²) in [4.78, 5) is 12.2. The molecule has 1 fully saturated rings. The average Bonchev–Trinajstić information content (AvgIpc) is 3.16. The Morgan fingerprint density at radius 1 is 1.20 bits per heavy atom. The Kier molecular flexibility index (Phi) is 5.51. The first-order valence-corrected chi connectivity index (χ1v) is 10.2. The molecule has 0 spiro atoms. The van der Waals surface area contributed by atoms with Crippen molar-refractivity contribution >= 4 is 27.3 Å². The van der Waals surface area contributed by atoms with Gasteiger partial charge in [-0.25, -0.2) is 12.8 Å². The SMILES string of the molecule is O=C(OCc1ccc(F)cc1)C1CCN(S(=O)(=O)c2cccs2)CC1. The molecular weight excluding hydrogens is 365 g/mol. The number of hydrogen-bond acceptors (Lipinski definition) is 5. The molecule has 0 atom stereocenters. The maximum atomic E-state index is 12.9. The highest BCUT2D eigenvalue weighted by molar-refractivity contribution is 7.91. The van der Waals surface area contributed by atoms with Gasteiger partial charge in [-0.05, 0) is 42.0 Å². The standard InChI is InChI=1S/C17H18FNO4S2/c18-15-5-3-13(4-6-15)12-23-17(20)14-7-9-19(10-8-14)25(21,22)16-2-1-11-24-16/h1-6,11,14H,7-10,12H2. The van der Waals surface area contributed by atoms with E-state index in [2.05, 4.69) is 0 Å². The second kappa shape index (κ2) is 7.63. The number of sulfonamides is 1. The van der Waals surface area contributed by atoms with Gasteiger partial charge < -0.3 is 4.74 Å². The second-order valence-corrected chi connectivity index (χ2v) is 8.96. The zero-order valence-electron chi connectivity index (χ0n) is 13.4. The number of piperidine rings is 1. The molecule has 1 aromatic heterocycles. The number of ether oxygens (including phenoxy) is 1. The van der Waals surface area contributed by atoms with E-state index in [-0.39, 0.29) is 24.3 Å². The molecule has 1 saturated heterocycles. The number of esters is 1. The fourth-order valence-corrected chi connectivity index (χ4v) is 5.34. The third kappa shape index (κ3) is 4.26. The van der Waals surface area contributed by atoms with Gasteiger partial charge in [0, 0.05) is 13.1 Å². The molecule has 0 amide bonds. The van der Waals surface area contributed by atoms with Crippen molar-refractivity contribution in [3.05, 3.63) is 53.2 Å². The molecular formula is C17H18FNO4S2. The summed E-state index contributed by atoms with van der Waals surface area (Å²) in [5, 5.41) is 1.73. The summed E-state index contributed by atoms with van der Waals surface area (Å²) in [5.41, 5.74) is 0.715. The molecule has 0 saturated carbocycles. The topological polar surface area (TPSA) is 63.7 Å². The summed E-state index contributed by atoms with van der Waals surface area (Å²) in [6.07, 6.45) is 0.875. The van der Waals surface area contributed by atoms with Crippen LogP contribution in [-0.2, 0) is 26.2 Å². The molecule has 1 aliphatic rings. The van der Waals surface area contributed by atoms with Crippen molar-refractivity contribution in [2.45, 2.75) is 23.7 Å². The van der Waals surface area contributed by atoms with Crippen LogP contribution in [0.4, 0.5) is 4.39 Å². The molecule has 0 radical (unpaired) electrons. The summed E-state index contributed by atoms with van der Waals surface area (Å²) in [6.45, 7) is 0.694. The van der Waals surface area contributed by atoms with E-state index in [1.807, 2.05) is 0 Å². The molecule has 0 aliphatic carbocycles. The molecule has 2 aromatic rings. The summed E-state index contributed by atoms with van der Waals surface area (Å²) < 4.78 is 44.8. The Bertz CT molecular complexity index is 811. The van der Waals surface area contributed by atoms with Crippen LogP contribution in [0, 0.1) is 11.7 Å². The monoisotopic (exact) mass is 383 g/mol. The molecule has 3 rings (SSSR count). The van der Waals surface area contributed by atoms with Crippen molar-refractivity contribution in [3.8, 4) is 0 Å². The Labute approximate surface area is 150 Å². The number of carbonyl (C=O) groups is 1. The Balaban J connectivity index is 1.51. The minimum atomic E-state index is -3.46. The molecule has 1 aromatic carbocycles. The van der Waals surface area contributed by atoms with E-state index in [1.54, 1.807) is 29.6 Å². The number of nitrogens with zero attached hydrogens (tertiary/aromatic N) is 1. The van der Waals surface area contributed by atoms with Crippen molar-refractivity contribution in [1.29, 1.82) is 0 Å². The van der Waals surface area contributed by atoms with Gasteiger partial charge in [-0.1, -0.05) is 18.2 Å². The van der Waals surface area contributed by atoms with Gasteiger partial charge in [-0.15, -0.1) is 11.3 Å². The summed E-state index contributed by atoms with van der Waals surface area (Å²) in [7, 11) is -3.46. The van der Waals surface area contributed by atoms with Gasteiger partial charge in [0.2, 0.25) is 0 Å². The van der Waals surface area contributed by atoms with Gasteiger partial charge >= 0.3 is 5.97 Å². The highest BCUT2D eigenvalue weighted by atomic mass is 32.2. The number of benzene rings is 1. The molecule has 2 heterocycles. The molecule has 134 valence electrons. The van der Waals surface area contributed by atoms with Crippen molar-refractivity contribution in [2.24, 2.45) is 5.92 Å². The lowest BCUT2D eigenvalue weighted by Gasteiger charge is -2.29. The van der Waals surface area contributed by atoms with Crippen molar-refractivity contribution < 1.29 is 22.3 Å². The van der Waals surface area contributed by atoms with E-state index in [9.17, 15) is 17.6 Å². The highest BCUT2D eigenvalue weighted by Crippen LogP contribution is 2.27. The third-order valence-corrected chi connectivity index (χ3v) is 7.44. The molecule has 0 N–H and O–H groups in total. The lowest BCUT2D eigenvalue weighted by Crippen LogP contribution is -2.40. The molecule has 8 heteroatoms. The molecule has 1 aliphatic heterocycles. The largest absolute Gasteiger partial charge is 0.461 e. The van der Waals surface area contributed by atoms with E-state index >= 15 is 0 Å². The van der Waals surface area contributed by atoms with Gasteiger partial charge in [0.1, 0.15) is 16.6 Å². The predicted octanol–water partition coefficient (Wildman–Crippen LogP) is 3.03. The third-order valence-electron chi connectivity index (χ3n) is 4.17. The molecule has 25 heavy (non-hydrogen) atoms. The van der Waals surface area contributed by atoms with Gasteiger partial charge in [0.05, 0.1) is 5.92 Å². The minimum absolute atomic E-state index is 0.0901. The highest BCUT2D eigenvalue weighted by Gasteiger charge is 2.33. The molecule has 5 nitrogen and oxygen atoms in total. The van der Waals surface area contributed by atoms with Crippen LogP contribution in [0.3, 0.4) is 0 Å². The first-order chi connectivity index (χ1) is 12.0. The van der Waals surface area contributed by atoms with Crippen molar-refractivity contribution in [1.82, 2.24) is 4.31 Å². The molecule has 0 unspecified atom stereocenters. The quantitative estimate of drug-likeness (QED) is 0.745. The van der Waals surface area contributed by atoms with E-state index in [0.717, 1.165) is 0 Å².